The van der Waals surface area contributed by atoms with Crippen LogP contribution in [0, 0.1) is 0 Å². The monoisotopic (exact) mass is 257 g/mol. The van der Waals surface area contributed by atoms with Gasteiger partial charge in [0.15, 0.2) is 0 Å². The minimum absolute atomic E-state index is 0.0997. The molecule has 0 atom stereocenters. The highest BCUT2D eigenvalue weighted by Crippen LogP contribution is 2.07. The Balaban J connectivity index is 1.92. The molecule has 0 saturated carbocycles. The molecule has 1 saturated heterocycles. The number of hydrogen-bond donors (Lipinski definition) is 2. The first kappa shape index (κ1) is 15.4. The molecule has 0 bridgehead atoms. The molecule has 1 aliphatic rings. The van der Waals surface area contributed by atoms with Crippen molar-refractivity contribution in [3.05, 3.63) is 0 Å². The lowest BCUT2D eigenvalue weighted by atomic mass is 10.1. The lowest BCUT2D eigenvalue weighted by molar-refractivity contribution is -0.122. The summed E-state index contributed by atoms with van der Waals surface area (Å²) in [6.45, 7) is 4.36. The van der Waals surface area contributed by atoms with Gasteiger partial charge in [0.05, 0.1) is 12.7 Å². The van der Waals surface area contributed by atoms with Crippen molar-refractivity contribution in [3.8, 4) is 0 Å². The first-order valence-corrected chi connectivity index (χ1v) is 6.92. The molecule has 0 aromatic heterocycles. The van der Waals surface area contributed by atoms with E-state index in [-0.39, 0.29) is 5.91 Å². The molecule has 2 N–H and O–H groups in total. The van der Waals surface area contributed by atoms with Gasteiger partial charge in [0.25, 0.3) is 0 Å². The van der Waals surface area contributed by atoms with Crippen molar-refractivity contribution >= 4 is 5.91 Å². The van der Waals surface area contributed by atoms with Crippen LogP contribution < -0.4 is 10.6 Å². The van der Waals surface area contributed by atoms with Gasteiger partial charge in [0, 0.05) is 13.0 Å². The molecule has 0 aliphatic carbocycles. The van der Waals surface area contributed by atoms with Crippen molar-refractivity contribution in [2.45, 2.75) is 31.8 Å². The average molecular weight is 257 g/mol. The van der Waals surface area contributed by atoms with E-state index in [0.717, 1.165) is 45.4 Å². The topological polar surface area (TPSA) is 53.6 Å². The van der Waals surface area contributed by atoms with Crippen LogP contribution in [-0.2, 0) is 9.53 Å². The smallest absolute Gasteiger partial charge is 0.222 e. The van der Waals surface area contributed by atoms with Gasteiger partial charge in [-0.2, -0.15) is 0 Å². The maximum atomic E-state index is 11.5. The molecular formula is C13H27N3O2. The van der Waals surface area contributed by atoms with Crippen LogP contribution in [0.3, 0.4) is 0 Å². The minimum atomic E-state index is 0.0997. The number of nitrogens with one attached hydrogen (secondary N) is 2. The number of hydrogen-bond acceptors (Lipinski definition) is 4. The summed E-state index contributed by atoms with van der Waals surface area (Å²) in [5, 5.41) is 6.21. The second-order valence-electron chi connectivity index (χ2n) is 5.08. The summed E-state index contributed by atoms with van der Waals surface area (Å²) in [5.74, 6) is 0.0997. The Morgan fingerprint density at radius 2 is 2.11 bits per heavy atom. The molecular weight excluding hydrogens is 230 g/mol. The van der Waals surface area contributed by atoms with E-state index >= 15 is 0 Å². The number of carbonyl (C=O) groups is 1. The normalized spacial score (nSPS) is 17.1. The van der Waals surface area contributed by atoms with Crippen LogP contribution in [0.15, 0.2) is 0 Å². The number of amides is 1. The molecule has 0 aromatic carbocycles. The Bertz CT molecular complexity index is 228. The molecule has 1 amide bonds. The van der Waals surface area contributed by atoms with E-state index in [1.807, 2.05) is 14.1 Å². The summed E-state index contributed by atoms with van der Waals surface area (Å²) < 4.78 is 5.69. The zero-order chi connectivity index (χ0) is 13.2. The molecule has 1 aliphatic heterocycles. The summed E-state index contributed by atoms with van der Waals surface area (Å²) in [6.07, 6.45) is 3.93. The number of piperidine rings is 1. The highest BCUT2D eigenvalue weighted by Gasteiger charge is 2.13. The van der Waals surface area contributed by atoms with E-state index in [4.69, 9.17) is 4.74 Å². The van der Waals surface area contributed by atoms with Crippen molar-refractivity contribution in [2.75, 3.05) is 46.9 Å². The summed E-state index contributed by atoms with van der Waals surface area (Å²) in [6, 6.07) is 0. The van der Waals surface area contributed by atoms with Crippen molar-refractivity contribution in [1.82, 2.24) is 15.5 Å². The van der Waals surface area contributed by atoms with Gasteiger partial charge in [-0.3, -0.25) is 4.79 Å². The zero-order valence-electron chi connectivity index (χ0n) is 11.7. The van der Waals surface area contributed by atoms with Crippen LogP contribution in [0.2, 0.25) is 0 Å². The van der Waals surface area contributed by atoms with E-state index in [9.17, 15) is 4.79 Å². The van der Waals surface area contributed by atoms with Crippen LogP contribution in [0.4, 0.5) is 0 Å². The summed E-state index contributed by atoms with van der Waals surface area (Å²) >= 11 is 0. The van der Waals surface area contributed by atoms with Gasteiger partial charge in [0.1, 0.15) is 0 Å². The Morgan fingerprint density at radius 1 is 1.39 bits per heavy atom. The summed E-state index contributed by atoms with van der Waals surface area (Å²) in [7, 11) is 4.07. The van der Waals surface area contributed by atoms with Gasteiger partial charge in [-0.15, -0.1) is 0 Å². The van der Waals surface area contributed by atoms with E-state index in [1.165, 1.54) is 0 Å². The largest absolute Gasteiger partial charge is 0.378 e. The van der Waals surface area contributed by atoms with Crippen LogP contribution in [0.5, 0.6) is 0 Å². The minimum Gasteiger partial charge on any atom is -0.378 e. The molecule has 1 fully saturated rings. The summed E-state index contributed by atoms with van der Waals surface area (Å²) in [4.78, 5) is 13.6. The molecule has 5 heteroatoms. The molecule has 0 unspecified atom stereocenters. The lowest BCUT2D eigenvalue weighted by Gasteiger charge is -2.22. The maximum Gasteiger partial charge on any atom is 0.222 e. The Morgan fingerprint density at radius 3 is 2.78 bits per heavy atom. The van der Waals surface area contributed by atoms with Gasteiger partial charge >= 0.3 is 0 Å². The predicted molar refractivity (Wildman–Crippen MR) is 72.6 cm³/mol. The molecule has 0 spiro atoms. The highest BCUT2D eigenvalue weighted by atomic mass is 16.5. The molecule has 1 rings (SSSR count). The lowest BCUT2D eigenvalue weighted by Crippen LogP contribution is -2.33. The standard InChI is InChI=1S/C13H27N3O2/c1-16(2)10-3-7-15-13(17)6-11-18-12-4-8-14-9-5-12/h12,14H,3-11H2,1-2H3,(H,15,17). The maximum absolute atomic E-state index is 11.5. The fourth-order valence-electron chi connectivity index (χ4n) is 1.99. The quantitative estimate of drug-likeness (QED) is 0.611. The molecule has 106 valence electrons. The number of nitrogens with zero attached hydrogens (tertiary/aromatic N) is 1. The zero-order valence-corrected chi connectivity index (χ0v) is 11.7. The SMILES string of the molecule is CN(C)CCCNC(=O)CCOC1CCNCC1. The van der Waals surface area contributed by atoms with Crippen LogP contribution in [-0.4, -0.2) is 63.8 Å². The van der Waals surface area contributed by atoms with Crippen LogP contribution in [0.1, 0.15) is 25.7 Å². The molecule has 0 aromatic rings. The number of carbonyl (C=O) groups excluding carboxylic acids is 1. The first-order valence-electron chi connectivity index (χ1n) is 6.92. The Kier molecular flexibility index (Phi) is 7.96. The fourth-order valence-corrected chi connectivity index (χ4v) is 1.99. The third kappa shape index (κ3) is 7.63. The van der Waals surface area contributed by atoms with Crippen molar-refractivity contribution in [2.24, 2.45) is 0 Å². The van der Waals surface area contributed by atoms with E-state index < -0.39 is 0 Å². The van der Waals surface area contributed by atoms with E-state index in [1.54, 1.807) is 0 Å². The second-order valence-corrected chi connectivity index (χ2v) is 5.08. The molecule has 18 heavy (non-hydrogen) atoms. The molecule has 1 heterocycles. The third-order valence-electron chi connectivity index (χ3n) is 3.07. The van der Waals surface area contributed by atoms with Crippen molar-refractivity contribution in [3.63, 3.8) is 0 Å². The highest BCUT2D eigenvalue weighted by molar-refractivity contribution is 5.75. The van der Waals surface area contributed by atoms with Crippen LogP contribution in [0.25, 0.3) is 0 Å². The third-order valence-corrected chi connectivity index (χ3v) is 3.07. The molecule has 5 nitrogen and oxygen atoms in total. The Hall–Kier alpha value is -0.650. The summed E-state index contributed by atoms with van der Waals surface area (Å²) in [5.41, 5.74) is 0. The fraction of sp³-hybridized carbons (Fsp3) is 0.923. The van der Waals surface area contributed by atoms with Crippen molar-refractivity contribution < 1.29 is 9.53 Å². The molecule has 0 radical (unpaired) electrons. The van der Waals surface area contributed by atoms with Gasteiger partial charge < -0.3 is 20.3 Å². The average Bonchev–Trinajstić information content (AvgIpc) is 2.36. The predicted octanol–water partition coefficient (Wildman–Crippen LogP) is 0.213. The van der Waals surface area contributed by atoms with Gasteiger partial charge in [-0.25, -0.2) is 0 Å². The number of ether oxygens (including phenoxy) is 1. The Labute approximate surface area is 110 Å². The van der Waals surface area contributed by atoms with E-state index in [0.29, 0.717) is 19.1 Å². The van der Waals surface area contributed by atoms with Crippen molar-refractivity contribution in [1.29, 1.82) is 0 Å². The first-order chi connectivity index (χ1) is 8.68. The van der Waals surface area contributed by atoms with Gasteiger partial charge in [-0.1, -0.05) is 0 Å². The second kappa shape index (κ2) is 9.30. The van der Waals surface area contributed by atoms with Gasteiger partial charge in [0.2, 0.25) is 5.91 Å². The van der Waals surface area contributed by atoms with Gasteiger partial charge in [-0.05, 0) is 53.0 Å². The van der Waals surface area contributed by atoms with Crippen LogP contribution >= 0.6 is 0 Å². The van der Waals surface area contributed by atoms with E-state index in [2.05, 4.69) is 15.5 Å². The number of rotatable bonds is 8.